The maximum absolute atomic E-state index is 12.0. The molecular weight excluding hydrogens is 669 g/mol. The van der Waals surface area contributed by atoms with Crippen LogP contribution >= 0.6 is 46.6 Å². The van der Waals surface area contributed by atoms with E-state index in [-0.39, 0.29) is 36.8 Å². The first-order chi connectivity index (χ1) is 22.0. The maximum atomic E-state index is 12.0. The second-order valence-electron chi connectivity index (χ2n) is 11.0. The van der Waals surface area contributed by atoms with Crippen LogP contribution < -0.4 is 5.32 Å². The second kappa shape index (κ2) is 15.2. The van der Waals surface area contributed by atoms with Crippen molar-refractivity contribution in [2.75, 3.05) is 5.75 Å². The first kappa shape index (κ1) is 34.3. The lowest BCUT2D eigenvalue weighted by Crippen LogP contribution is -2.38. The fraction of sp³-hybridized carbons (Fsp3) is 0.257. The Bertz CT molecular complexity index is 1650. The highest BCUT2D eigenvalue weighted by molar-refractivity contribution is 7.99. The van der Waals surface area contributed by atoms with Crippen molar-refractivity contribution in [2.45, 2.75) is 47.3 Å². The van der Waals surface area contributed by atoms with Crippen molar-refractivity contribution in [3.63, 3.8) is 0 Å². The van der Waals surface area contributed by atoms with E-state index in [4.69, 9.17) is 44.3 Å². The molecule has 5 rings (SSSR count). The second-order valence-corrected chi connectivity index (χ2v) is 14.3. The van der Waals surface area contributed by atoms with Crippen LogP contribution in [0.25, 0.3) is 11.1 Å². The lowest BCUT2D eigenvalue weighted by atomic mass is 9.91. The van der Waals surface area contributed by atoms with Crippen molar-refractivity contribution >= 4 is 58.4 Å². The Morgan fingerprint density at radius 2 is 1.52 bits per heavy atom. The number of aliphatic hydroxyl groups is 1. The molecule has 46 heavy (non-hydrogen) atoms. The van der Waals surface area contributed by atoms with Gasteiger partial charge in [0.15, 0.2) is 6.29 Å². The summed E-state index contributed by atoms with van der Waals surface area (Å²) in [7, 11) is 0. The van der Waals surface area contributed by atoms with Gasteiger partial charge in [-0.2, -0.15) is 0 Å². The monoisotopic (exact) mass is 699 g/mol. The van der Waals surface area contributed by atoms with Gasteiger partial charge >= 0.3 is 5.97 Å². The van der Waals surface area contributed by atoms with Crippen molar-refractivity contribution in [3.8, 4) is 11.1 Å². The quantitative estimate of drug-likeness (QED) is 0.113. The van der Waals surface area contributed by atoms with E-state index >= 15 is 0 Å². The Balaban J connectivity index is 1.34. The largest absolute Gasteiger partial charge is 0.478 e. The average molecular weight is 701 g/mol. The summed E-state index contributed by atoms with van der Waals surface area (Å²) in [6, 6.07) is 30.3. The number of aromatic carboxylic acids is 1. The summed E-state index contributed by atoms with van der Waals surface area (Å²) in [6.07, 6.45) is -1.06. The number of rotatable bonds is 10. The van der Waals surface area contributed by atoms with Gasteiger partial charge in [0.25, 0.3) is 9.70 Å². The van der Waals surface area contributed by atoms with E-state index < -0.39 is 22.0 Å². The SMILES string of the molecule is C[C@@H]1[C@H](CSc2ccc(C(=O)O)cc2)O[C@H](c2ccc(-c3cccc(CNC(=O)C(Cl)(Cl)Cl)c3)cc2)O[C@@H]1c1ccc(CO)cc1. The molecule has 1 heterocycles. The molecule has 1 aliphatic heterocycles. The van der Waals surface area contributed by atoms with Crippen molar-refractivity contribution in [3.05, 3.63) is 125 Å². The Labute approximate surface area is 286 Å². The predicted octanol–water partition coefficient (Wildman–Crippen LogP) is 8.11. The van der Waals surface area contributed by atoms with Crippen LogP contribution in [0.4, 0.5) is 0 Å². The zero-order valence-electron chi connectivity index (χ0n) is 24.7. The van der Waals surface area contributed by atoms with Crippen LogP contribution in [0.2, 0.25) is 0 Å². The molecule has 0 unspecified atom stereocenters. The molecular formula is C35H32Cl3NO6S. The Hall–Kier alpha value is -3.08. The minimum atomic E-state index is -2.03. The number of carbonyl (C=O) groups is 2. The summed E-state index contributed by atoms with van der Waals surface area (Å²) in [6.45, 7) is 2.28. The smallest absolute Gasteiger partial charge is 0.335 e. The molecule has 3 N–H and O–H groups in total. The number of halogens is 3. The fourth-order valence-electron chi connectivity index (χ4n) is 5.16. The lowest BCUT2D eigenvalue weighted by molar-refractivity contribution is -0.268. The highest BCUT2D eigenvalue weighted by atomic mass is 35.6. The van der Waals surface area contributed by atoms with E-state index in [1.165, 1.54) is 0 Å². The number of hydrogen-bond acceptors (Lipinski definition) is 6. The third-order valence-electron chi connectivity index (χ3n) is 7.79. The van der Waals surface area contributed by atoms with Gasteiger partial charge in [-0.25, -0.2) is 4.79 Å². The van der Waals surface area contributed by atoms with Crippen LogP contribution in [0.3, 0.4) is 0 Å². The number of carbonyl (C=O) groups excluding carboxylic acids is 1. The molecule has 11 heteroatoms. The van der Waals surface area contributed by atoms with Crippen molar-refractivity contribution in [2.24, 2.45) is 5.92 Å². The minimum absolute atomic E-state index is 0.00564. The van der Waals surface area contributed by atoms with Crippen molar-refractivity contribution < 1.29 is 29.3 Å². The van der Waals surface area contributed by atoms with E-state index in [9.17, 15) is 19.8 Å². The number of aliphatic hydroxyl groups excluding tert-OH is 1. The summed E-state index contributed by atoms with van der Waals surface area (Å²) < 4.78 is 11.1. The lowest BCUT2D eigenvalue weighted by Gasteiger charge is -2.41. The van der Waals surface area contributed by atoms with Gasteiger partial charge in [-0.05, 0) is 58.1 Å². The highest BCUT2D eigenvalue weighted by Crippen LogP contribution is 2.43. The van der Waals surface area contributed by atoms with E-state index in [1.54, 1.807) is 23.9 Å². The van der Waals surface area contributed by atoms with Gasteiger partial charge in [0.05, 0.1) is 24.4 Å². The Kier molecular flexibility index (Phi) is 11.3. The number of amides is 1. The summed E-state index contributed by atoms with van der Waals surface area (Å²) in [4.78, 5) is 24.2. The van der Waals surface area contributed by atoms with Gasteiger partial charge in [0, 0.05) is 28.7 Å². The minimum Gasteiger partial charge on any atom is -0.478 e. The van der Waals surface area contributed by atoms with Crippen LogP contribution in [0, 0.1) is 5.92 Å². The Morgan fingerprint density at radius 1 is 0.848 bits per heavy atom. The third kappa shape index (κ3) is 8.63. The number of thioether (sulfide) groups is 1. The van der Waals surface area contributed by atoms with Gasteiger partial charge in [-0.1, -0.05) is 108 Å². The summed E-state index contributed by atoms with van der Waals surface area (Å²) >= 11 is 18.6. The Morgan fingerprint density at radius 3 is 2.15 bits per heavy atom. The van der Waals surface area contributed by atoms with Crippen LogP contribution in [-0.2, 0) is 27.4 Å². The number of ether oxygens (including phenoxy) is 2. The van der Waals surface area contributed by atoms with Gasteiger partial charge in [-0.3, -0.25) is 4.79 Å². The summed E-state index contributed by atoms with van der Waals surface area (Å²) in [5, 5.41) is 21.4. The first-order valence-corrected chi connectivity index (χ1v) is 16.6. The van der Waals surface area contributed by atoms with E-state index in [0.29, 0.717) is 5.75 Å². The zero-order valence-corrected chi connectivity index (χ0v) is 27.8. The maximum Gasteiger partial charge on any atom is 0.335 e. The molecule has 240 valence electrons. The van der Waals surface area contributed by atoms with Crippen LogP contribution in [-0.4, -0.2) is 37.7 Å². The average Bonchev–Trinajstić information content (AvgIpc) is 3.06. The molecule has 1 aliphatic rings. The van der Waals surface area contributed by atoms with Crippen LogP contribution in [0.1, 0.15) is 51.9 Å². The molecule has 0 aliphatic carbocycles. The molecule has 4 atom stereocenters. The molecule has 0 bridgehead atoms. The van der Waals surface area contributed by atoms with Crippen molar-refractivity contribution in [1.29, 1.82) is 0 Å². The van der Waals surface area contributed by atoms with Gasteiger partial charge in [0.1, 0.15) is 0 Å². The number of carboxylic acid groups (broad SMARTS) is 1. The van der Waals surface area contributed by atoms with Crippen LogP contribution in [0.15, 0.2) is 102 Å². The molecule has 0 spiro atoms. The van der Waals surface area contributed by atoms with Crippen molar-refractivity contribution in [1.82, 2.24) is 5.32 Å². The predicted molar refractivity (Wildman–Crippen MR) is 181 cm³/mol. The summed E-state index contributed by atoms with van der Waals surface area (Å²) in [5.41, 5.74) is 5.70. The topological polar surface area (TPSA) is 105 Å². The summed E-state index contributed by atoms with van der Waals surface area (Å²) in [5.74, 6) is -1.01. The first-order valence-electron chi connectivity index (χ1n) is 14.5. The number of carboxylic acids is 1. The molecule has 7 nitrogen and oxygen atoms in total. The third-order valence-corrected chi connectivity index (χ3v) is 9.41. The molecule has 0 saturated carbocycles. The molecule has 4 aromatic rings. The normalized spacial score (nSPS) is 19.8. The molecule has 0 aromatic heterocycles. The molecule has 1 fully saturated rings. The van der Waals surface area contributed by atoms with Gasteiger partial charge in [-0.15, -0.1) is 11.8 Å². The van der Waals surface area contributed by atoms with Gasteiger partial charge in [0.2, 0.25) is 0 Å². The fourth-order valence-corrected chi connectivity index (χ4v) is 6.43. The number of alkyl halides is 3. The van der Waals surface area contributed by atoms with Crippen LogP contribution in [0.5, 0.6) is 0 Å². The molecule has 1 saturated heterocycles. The van der Waals surface area contributed by atoms with Gasteiger partial charge < -0.3 is 25.0 Å². The van der Waals surface area contributed by atoms with E-state index in [2.05, 4.69) is 12.2 Å². The number of hydrogen-bond donors (Lipinski definition) is 3. The molecule has 4 aromatic carbocycles. The number of benzene rings is 4. The van der Waals surface area contributed by atoms with E-state index in [1.807, 2.05) is 84.9 Å². The van der Waals surface area contributed by atoms with E-state index in [0.717, 1.165) is 38.3 Å². The molecule has 1 amide bonds. The molecule has 0 radical (unpaired) electrons. The standard InChI is InChI=1S/C35H32Cl3NO6S/c1-21-30(20-46-29-15-13-26(14-16-29)32(41)42)44-33(45-31(21)25-7-5-22(19-40)6-8-25)27-11-9-24(10-12-27)28-4-2-3-23(17-28)18-39-34(43)35(36,37)38/h2-17,21,30-31,33,40H,18-20H2,1H3,(H,39,43)(H,41,42)/t21-,30+,31+,33+/m1/s1. The number of nitrogens with one attached hydrogen (secondary N) is 1. The zero-order chi connectivity index (χ0) is 32.8. The highest BCUT2D eigenvalue weighted by Gasteiger charge is 2.38.